The quantitative estimate of drug-likeness (QED) is 0.550. The number of halogens is 5. The highest BCUT2D eigenvalue weighted by molar-refractivity contribution is 7.90. The Bertz CT molecular complexity index is 1200. The van der Waals surface area contributed by atoms with Gasteiger partial charge in [-0.25, -0.2) is 17.9 Å². The number of aromatic nitrogens is 3. The second-order valence-electron chi connectivity index (χ2n) is 5.48. The summed E-state index contributed by atoms with van der Waals surface area (Å²) in [5.41, 5.74) is -1.12. The first kappa shape index (κ1) is 22.2. The third-order valence-corrected chi connectivity index (χ3v) is 6.10. The molecule has 15 heteroatoms. The molecule has 8 nitrogen and oxygen atoms in total. The van der Waals surface area contributed by atoms with Crippen molar-refractivity contribution < 1.29 is 26.4 Å². The predicted molar refractivity (Wildman–Crippen MR) is 104 cm³/mol. The Morgan fingerprint density at radius 1 is 1.10 bits per heavy atom. The Morgan fingerprint density at radius 2 is 1.77 bits per heavy atom. The van der Waals surface area contributed by atoms with Crippen molar-refractivity contribution in [3.63, 3.8) is 0 Å². The number of carbonyl (C=O) groups is 1. The average Bonchev–Trinajstić information content (AvgIpc) is 3.08. The van der Waals surface area contributed by atoms with Crippen molar-refractivity contribution in [1.29, 1.82) is 0 Å². The Hall–Kier alpha value is -2.48. The zero-order valence-corrected chi connectivity index (χ0v) is 17.4. The lowest BCUT2D eigenvalue weighted by Gasteiger charge is -2.07. The molecule has 0 saturated carbocycles. The van der Waals surface area contributed by atoms with E-state index in [0.29, 0.717) is 17.3 Å². The molecule has 2 N–H and O–H groups in total. The maximum atomic E-state index is 12.7. The number of rotatable bonds is 4. The zero-order valence-electron chi connectivity index (χ0n) is 14.2. The Kier molecular flexibility index (Phi) is 6.17. The molecule has 2 amide bonds. The third kappa shape index (κ3) is 5.16. The summed E-state index contributed by atoms with van der Waals surface area (Å²) in [6.07, 6.45) is -4.03. The fraction of sp³-hybridized carbons (Fsp3) is 0.0667. The highest BCUT2D eigenvalue weighted by atomic mass is 35.5. The first-order chi connectivity index (χ1) is 14.0. The number of urea groups is 1. The van der Waals surface area contributed by atoms with Crippen molar-refractivity contribution in [2.24, 2.45) is 0 Å². The van der Waals surface area contributed by atoms with Gasteiger partial charge < -0.3 is 0 Å². The number of alkyl halides is 3. The van der Waals surface area contributed by atoms with Crippen LogP contribution in [0, 0.1) is 0 Å². The highest BCUT2D eigenvalue weighted by Crippen LogP contribution is 2.35. The summed E-state index contributed by atoms with van der Waals surface area (Å²) in [5.74, 6) is 0. The van der Waals surface area contributed by atoms with Gasteiger partial charge in [0, 0.05) is 11.2 Å². The molecular formula is C15H8Cl2F3N5O3S2. The summed E-state index contributed by atoms with van der Waals surface area (Å²) in [4.78, 5) is 15.4. The van der Waals surface area contributed by atoms with Gasteiger partial charge in [0.05, 0.1) is 15.5 Å². The number of nitrogens with one attached hydrogen (secondary N) is 2. The van der Waals surface area contributed by atoms with Gasteiger partial charge in [0.15, 0.2) is 5.01 Å². The smallest absolute Gasteiger partial charge is 0.281 e. The molecule has 30 heavy (non-hydrogen) atoms. The molecule has 0 radical (unpaired) electrons. The summed E-state index contributed by atoms with van der Waals surface area (Å²) >= 11 is 12.3. The number of sulfonamides is 1. The van der Waals surface area contributed by atoms with Crippen LogP contribution in [-0.2, 0) is 16.2 Å². The van der Waals surface area contributed by atoms with Gasteiger partial charge in [-0.3, -0.25) is 10.3 Å². The van der Waals surface area contributed by atoms with E-state index in [9.17, 15) is 26.4 Å². The van der Waals surface area contributed by atoms with Crippen molar-refractivity contribution in [3.05, 3.63) is 52.1 Å². The average molecular weight is 498 g/mol. The van der Waals surface area contributed by atoms with Gasteiger partial charge in [-0.2, -0.15) is 13.2 Å². The van der Waals surface area contributed by atoms with Gasteiger partial charge in [-0.1, -0.05) is 34.5 Å². The molecule has 1 aromatic carbocycles. The van der Waals surface area contributed by atoms with Crippen LogP contribution in [0.4, 0.5) is 23.1 Å². The Balaban J connectivity index is 1.72. The van der Waals surface area contributed by atoms with E-state index in [0.717, 1.165) is 11.3 Å². The summed E-state index contributed by atoms with van der Waals surface area (Å²) in [6.45, 7) is 0. The number of benzene rings is 1. The van der Waals surface area contributed by atoms with Crippen molar-refractivity contribution in [2.45, 2.75) is 11.1 Å². The van der Waals surface area contributed by atoms with Gasteiger partial charge >= 0.3 is 12.2 Å². The van der Waals surface area contributed by atoms with Crippen LogP contribution < -0.4 is 10.0 Å². The second kappa shape index (κ2) is 8.34. The largest absolute Gasteiger partial charge is 0.417 e. The van der Waals surface area contributed by atoms with E-state index in [-0.39, 0.29) is 25.8 Å². The molecule has 0 spiro atoms. The minimum absolute atomic E-state index is 0.0181. The molecule has 0 unspecified atom stereocenters. The minimum atomic E-state index is -4.61. The Labute approximate surface area is 181 Å². The molecule has 0 saturated heterocycles. The molecule has 3 rings (SSSR count). The van der Waals surface area contributed by atoms with E-state index in [4.69, 9.17) is 23.2 Å². The number of carbonyl (C=O) groups excluding carboxylic acids is 1. The third-order valence-electron chi connectivity index (χ3n) is 3.37. The van der Waals surface area contributed by atoms with E-state index in [1.807, 2.05) is 0 Å². The van der Waals surface area contributed by atoms with Crippen LogP contribution in [0.2, 0.25) is 10.0 Å². The lowest BCUT2D eigenvalue weighted by Crippen LogP contribution is -2.34. The van der Waals surface area contributed by atoms with Crippen LogP contribution in [0.3, 0.4) is 0 Å². The molecule has 2 heterocycles. The van der Waals surface area contributed by atoms with Gasteiger partial charge in [-0.05, 0) is 30.3 Å². The van der Waals surface area contributed by atoms with Crippen LogP contribution >= 0.6 is 34.5 Å². The van der Waals surface area contributed by atoms with Crippen molar-refractivity contribution in [1.82, 2.24) is 19.9 Å². The number of amides is 2. The molecule has 3 aromatic rings. The van der Waals surface area contributed by atoms with Crippen LogP contribution in [0.25, 0.3) is 10.7 Å². The lowest BCUT2D eigenvalue weighted by atomic mass is 10.2. The maximum absolute atomic E-state index is 12.7. The van der Waals surface area contributed by atoms with Gasteiger partial charge in [0.1, 0.15) is 5.69 Å². The first-order valence-electron chi connectivity index (χ1n) is 7.62. The first-order valence-corrected chi connectivity index (χ1v) is 10.7. The highest BCUT2D eigenvalue weighted by Gasteiger charge is 2.32. The zero-order chi connectivity index (χ0) is 22.1. The van der Waals surface area contributed by atoms with Crippen molar-refractivity contribution >= 4 is 55.7 Å². The fourth-order valence-electron chi connectivity index (χ4n) is 2.04. The normalized spacial score (nSPS) is 11.9. The molecule has 0 fully saturated rings. The summed E-state index contributed by atoms with van der Waals surface area (Å²) < 4.78 is 64.2. The van der Waals surface area contributed by atoms with Crippen LogP contribution in [0.5, 0.6) is 0 Å². The maximum Gasteiger partial charge on any atom is 0.417 e. The lowest BCUT2D eigenvalue weighted by molar-refractivity contribution is -0.137. The monoisotopic (exact) mass is 497 g/mol. The van der Waals surface area contributed by atoms with Crippen molar-refractivity contribution in [2.75, 3.05) is 5.32 Å². The van der Waals surface area contributed by atoms with E-state index in [1.165, 1.54) is 24.3 Å². The molecule has 0 atom stereocenters. The number of anilines is 1. The van der Waals surface area contributed by atoms with Crippen molar-refractivity contribution in [3.8, 4) is 10.7 Å². The van der Waals surface area contributed by atoms with E-state index in [2.05, 4.69) is 20.5 Å². The Morgan fingerprint density at radius 3 is 2.37 bits per heavy atom. The van der Waals surface area contributed by atoms with Gasteiger partial charge in [0.25, 0.3) is 10.0 Å². The summed E-state index contributed by atoms with van der Waals surface area (Å²) in [5, 5.41) is 9.36. The van der Waals surface area contributed by atoms with E-state index in [1.54, 1.807) is 4.72 Å². The van der Waals surface area contributed by atoms with Crippen LogP contribution in [-0.4, -0.2) is 29.6 Å². The van der Waals surface area contributed by atoms with Crippen LogP contribution in [0.1, 0.15) is 5.56 Å². The topological polar surface area (TPSA) is 114 Å². The molecule has 0 aliphatic carbocycles. The number of pyridine rings is 1. The number of nitrogens with zero attached hydrogens (tertiary/aromatic N) is 3. The van der Waals surface area contributed by atoms with E-state index >= 15 is 0 Å². The number of hydrogen-bond donors (Lipinski definition) is 2. The standard InChI is InChI=1S/C15H8Cl2F3N5O3S2/c16-8-1-3-9(4-2-8)30(27,28)25-13(26)22-14-24-23-12(29-14)11-10(17)5-7(6-21-11)15(18,19)20/h1-6H,(H2,22,24,25,26). The molecule has 0 aliphatic rings. The molecular weight excluding hydrogens is 490 g/mol. The SMILES string of the molecule is O=C(Nc1nnc(-c2ncc(C(F)(F)F)cc2Cl)s1)NS(=O)(=O)c1ccc(Cl)cc1. The molecule has 0 aliphatic heterocycles. The minimum Gasteiger partial charge on any atom is -0.281 e. The van der Waals surface area contributed by atoms with Crippen LogP contribution in [0.15, 0.2) is 41.4 Å². The second-order valence-corrected chi connectivity index (χ2v) is 8.98. The molecule has 2 aromatic heterocycles. The summed E-state index contributed by atoms with van der Waals surface area (Å²) in [6, 6.07) is 4.65. The predicted octanol–water partition coefficient (Wildman–Crippen LogP) is 4.44. The molecule has 158 valence electrons. The van der Waals surface area contributed by atoms with Gasteiger partial charge in [0.2, 0.25) is 5.13 Å². The van der Waals surface area contributed by atoms with E-state index < -0.39 is 27.8 Å². The number of hydrogen-bond acceptors (Lipinski definition) is 7. The molecule has 0 bridgehead atoms. The summed E-state index contributed by atoms with van der Waals surface area (Å²) in [7, 11) is -4.17. The fourth-order valence-corrected chi connectivity index (χ4v) is 4.13. The van der Waals surface area contributed by atoms with Gasteiger partial charge in [-0.15, -0.1) is 10.2 Å².